The third-order valence-corrected chi connectivity index (χ3v) is 7.87. The second kappa shape index (κ2) is 7.24. The Labute approximate surface area is 155 Å². The summed E-state index contributed by atoms with van der Waals surface area (Å²) in [5, 5.41) is 3.02. The molecule has 136 valence electrons. The van der Waals surface area contributed by atoms with Gasteiger partial charge in [0.1, 0.15) is 5.75 Å². The van der Waals surface area contributed by atoms with Crippen molar-refractivity contribution in [2.45, 2.75) is 0 Å². The lowest BCUT2D eigenvalue weighted by Gasteiger charge is -2.32. The Kier molecular flexibility index (Phi) is 5.19. The Morgan fingerprint density at radius 2 is 1.42 bits per heavy atom. The van der Waals surface area contributed by atoms with Crippen LogP contribution in [0.5, 0.6) is 5.75 Å². The number of hydrogen-bond donors (Lipinski definition) is 0. The van der Waals surface area contributed by atoms with Crippen LogP contribution in [-0.2, 0) is 4.57 Å². The molecular formula is C21H25N2O2P. The van der Waals surface area contributed by atoms with Gasteiger partial charge in [0.15, 0.2) is 0 Å². The van der Waals surface area contributed by atoms with Crippen molar-refractivity contribution in [1.82, 2.24) is 9.34 Å². The van der Waals surface area contributed by atoms with Crippen molar-refractivity contribution < 1.29 is 9.30 Å². The minimum Gasteiger partial charge on any atom is -0.496 e. The molecule has 26 heavy (non-hydrogen) atoms. The van der Waals surface area contributed by atoms with Crippen LogP contribution in [0.1, 0.15) is 0 Å². The zero-order chi connectivity index (χ0) is 18.9. The van der Waals surface area contributed by atoms with E-state index in [4.69, 9.17) is 4.74 Å². The summed E-state index contributed by atoms with van der Waals surface area (Å²) in [5.74, 6) is 0.778. The predicted octanol–water partition coefficient (Wildman–Crippen LogP) is 4.46. The predicted molar refractivity (Wildman–Crippen MR) is 111 cm³/mol. The molecule has 0 radical (unpaired) electrons. The molecule has 3 aromatic carbocycles. The second-order valence-electron chi connectivity index (χ2n) is 6.62. The molecule has 5 heteroatoms. The zero-order valence-electron chi connectivity index (χ0n) is 15.9. The maximum atomic E-state index is 14.0. The van der Waals surface area contributed by atoms with Crippen LogP contribution in [0, 0.1) is 0 Å². The zero-order valence-corrected chi connectivity index (χ0v) is 16.8. The van der Waals surface area contributed by atoms with Gasteiger partial charge in [0.2, 0.25) is 7.44 Å². The van der Waals surface area contributed by atoms with Crippen LogP contribution in [0.15, 0.2) is 60.7 Å². The van der Waals surface area contributed by atoms with Crippen molar-refractivity contribution in [2.24, 2.45) is 0 Å². The van der Waals surface area contributed by atoms with E-state index in [1.54, 1.807) is 7.11 Å². The Hall–Kier alpha value is -2.13. The quantitative estimate of drug-likeness (QED) is 0.623. The van der Waals surface area contributed by atoms with Gasteiger partial charge in [-0.2, -0.15) is 0 Å². The molecule has 0 aliphatic rings. The maximum Gasteiger partial charge on any atom is 0.245 e. The average Bonchev–Trinajstić information content (AvgIpc) is 2.66. The van der Waals surface area contributed by atoms with Crippen molar-refractivity contribution in [3.05, 3.63) is 60.7 Å². The van der Waals surface area contributed by atoms with E-state index in [0.717, 1.165) is 33.0 Å². The van der Waals surface area contributed by atoms with E-state index < -0.39 is 7.44 Å². The summed E-state index contributed by atoms with van der Waals surface area (Å²) in [5.41, 5.74) is 1.91. The molecule has 3 rings (SSSR count). The molecule has 0 heterocycles. The van der Waals surface area contributed by atoms with Gasteiger partial charge < -0.3 is 4.74 Å². The van der Waals surface area contributed by atoms with E-state index in [1.165, 1.54) is 0 Å². The van der Waals surface area contributed by atoms with Gasteiger partial charge in [-0.05, 0) is 56.7 Å². The molecule has 0 aromatic heterocycles. The molecule has 0 saturated heterocycles. The summed E-state index contributed by atoms with van der Waals surface area (Å²) in [7, 11) is 6.19. The molecule has 4 nitrogen and oxygen atoms in total. The topological polar surface area (TPSA) is 32.8 Å². The smallest absolute Gasteiger partial charge is 0.245 e. The molecular weight excluding hydrogens is 343 g/mol. The van der Waals surface area contributed by atoms with Crippen molar-refractivity contribution in [3.63, 3.8) is 0 Å². The summed E-state index contributed by atoms with van der Waals surface area (Å²) in [6.45, 7) is 0. The lowest BCUT2D eigenvalue weighted by Crippen LogP contribution is -2.29. The Morgan fingerprint density at radius 1 is 0.808 bits per heavy atom. The van der Waals surface area contributed by atoms with Crippen molar-refractivity contribution in [3.8, 4) is 16.9 Å². The van der Waals surface area contributed by atoms with Crippen LogP contribution in [0.4, 0.5) is 0 Å². The number of rotatable bonds is 5. The molecule has 3 aromatic rings. The van der Waals surface area contributed by atoms with Gasteiger partial charge >= 0.3 is 0 Å². The minimum absolute atomic E-state index is 0.778. The molecule has 0 saturated carbocycles. The normalized spacial score (nSPS) is 12.1. The van der Waals surface area contributed by atoms with Crippen LogP contribution in [0.3, 0.4) is 0 Å². The third kappa shape index (κ3) is 2.95. The van der Waals surface area contributed by atoms with Crippen molar-refractivity contribution in [1.29, 1.82) is 0 Å². The molecule has 0 bridgehead atoms. The lowest BCUT2D eigenvalue weighted by atomic mass is 9.97. The van der Waals surface area contributed by atoms with E-state index >= 15 is 0 Å². The summed E-state index contributed by atoms with van der Waals surface area (Å²) in [6.07, 6.45) is 0. The van der Waals surface area contributed by atoms with Gasteiger partial charge in [-0.3, -0.25) is 4.57 Å². The Morgan fingerprint density at radius 3 is 2.08 bits per heavy atom. The van der Waals surface area contributed by atoms with Gasteiger partial charge in [-0.15, -0.1) is 0 Å². The molecule has 0 unspecified atom stereocenters. The van der Waals surface area contributed by atoms with E-state index in [-0.39, 0.29) is 0 Å². The fourth-order valence-corrected chi connectivity index (χ4v) is 5.79. The van der Waals surface area contributed by atoms with Gasteiger partial charge in [-0.1, -0.05) is 48.5 Å². The number of benzene rings is 3. The SMILES string of the molecule is COc1ccc2ccccc2c1-c1ccccc1P(=O)(N(C)C)N(C)C. The van der Waals surface area contributed by atoms with Crippen molar-refractivity contribution >= 4 is 23.5 Å². The number of nitrogens with zero attached hydrogens (tertiary/aromatic N) is 2. The minimum atomic E-state index is -2.92. The largest absolute Gasteiger partial charge is 0.496 e. The van der Waals surface area contributed by atoms with Gasteiger partial charge in [0.05, 0.1) is 7.11 Å². The lowest BCUT2D eigenvalue weighted by molar-refractivity contribution is 0.417. The van der Waals surface area contributed by atoms with Gasteiger partial charge in [0.25, 0.3) is 0 Å². The van der Waals surface area contributed by atoms with Crippen LogP contribution in [0.2, 0.25) is 0 Å². The third-order valence-electron chi connectivity index (χ3n) is 4.68. The first kappa shape index (κ1) is 18.7. The highest BCUT2D eigenvalue weighted by Gasteiger charge is 2.33. The number of methoxy groups -OCH3 is 1. The highest BCUT2D eigenvalue weighted by molar-refractivity contribution is 7.67. The number of hydrogen-bond acceptors (Lipinski definition) is 2. The van der Waals surface area contributed by atoms with Crippen LogP contribution < -0.4 is 10.0 Å². The molecule has 0 spiro atoms. The van der Waals surface area contributed by atoms with E-state index in [2.05, 4.69) is 18.2 Å². The first-order valence-electron chi connectivity index (χ1n) is 8.52. The molecule has 0 aliphatic carbocycles. The molecule has 0 aliphatic heterocycles. The molecule has 0 atom stereocenters. The van der Waals surface area contributed by atoms with E-state index in [9.17, 15) is 4.57 Å². The Bertz CT molecular complexity index is 971. The van der Waals surface area contributed by atoms with E-state index in [0.29, 0.717) is 0 Å². The summed E-state index contributed by atoms with van der Waals surface area (Å²) >= 11 is 0. The van der Waals surface area contributed by atoms with Crippen LogP contribution in [-0.4, -0.2) is 44.6 Å². The summed E-state index contributed by atoms with van der Waals surface area (Å²) in [4.78, 5) is 0. The fraction of sp³-hybridized carbons (Fsp3) is 0.238. The Balaban J connectivity index is 2.41. The maximum absolute atomic E-state index is 14.0. The van der Waals surface area contributed by atoms with Gasteiger partial charge in [0, 0.05) is 10.9 Å². The molecule has 0 fully saturated rings. The fourth-order valence-electron chi connectivity index (χ4n) is 3.43. The van der Waals surface area contributed by atoms with Crippen LogP contribution in [0.25, 0.3) is 21.9 Å². The average molecular weight is 368 g/mol. The number of ether oxygens (including phenoxy) is 1. The summed E-state index contributed by atoms with van der Waals surface area (Å²) < 4.78 is 23.3. The highest BCUT2D eigenvalue weighted by Crippen LogP contribution is 2.51. The first-order chi connectivity index (χ1) is 12.4. The van der Waals surface area contributed by atoms with Crippen molar-refractivity contribution in [2.75, 3.05) is 35.3 Å². The van der Waals surface area contributed by atoms with Crippen LogP contribution >= 0.6 is 7.44 Å². The second-order valence-corrected chi connectivity index (χ2v) is 9.79. The first-order valence-corrected chi connectivity index (χ1v) is 10.1. The summed E-state index contributed by atoms with van der Waals surface area (Å²) in [6, 6.07) is 20.1. The standard InChI is InChI=1S/C21H25N2O2P/c1-22(2)26(24,23(3)4)20-13-9-8-12-18(20)21-17-11-7-6-10-16(17)14-15-19(21)25-5/h6-15H,1-5H3. The van der Waals surface area contributed by atoms with E-state index in [1.807, 2.05) is 80.0 Å². The monoisotopic (exact) mass is 368 g/mol. The van der Waals surface area contributed by atoms with Gasteiger partial charge in [-0.25, -0.2) is 9.34 Å². The molecule has 0 N–H and O–H groups in total. The molecule has 0 amide bonds. The highest BCUT2D eigenvalue weighted by atomic mass is 31.2. The number of fused-ring (bicyclic) bond motifs is 1.